The molecule has 0 bridgehead atoms. The standard InChI is InChI=1S/C17H28N2O2/c1-13(2)10-15(12-19(3)4)18-11-16(17(20)21)14-8-6-5-7-9-14/h5-9,13,15-16,18H,10-12H2,1-4H3,(H,20,21). The van der Waals surface area contributed by atoms with Crippen LogP contribution in [-0.2, 0) is 4.79 Å². The minimum atomic E-state index is -0.776. The number of hydrogen-bond donors (Lipinski definition) is 2. The lowest BCUT2D eigenvalue weighted by molar-refractivity contribution is -0.138. The molecular weight excluding hydrogens is 264 g/mol. The number of carboxylic acids is 1. The largest absolute Gasteiger partial charge is 0.481 e. The van der Waals surface area contributed by atoms with Gasteiger partial charge in [0, 0.05) is 19.1 Å². The highest BCUT2D eigenvalue weighted by molar-refractivity contribution is 5.76. The first kappa shape index (κ1) is 17.7. The maximum atomic E-state index is 11.5. The van der Waals surface area contributed by atoms with Crippen LogP contribution >= 0.6 is 0 Å². The number of benzene rings is 1. The van der Waals surface area contributed by atoms with Gasteiger partial charge in [0.15, 0.2) is 0 Å². The molecule has 2 N–H and O–H groups in total. The normalized spacial score (nSPS) is 14.4. The zero-order valence-corrected chi connectivity index (χ0v) is 13.5. The SMILES string of the molecule is CC(C)CC(CN(C)C)NCC(C(=O)O)c1ccccc1. The minimum absolute atomic E-state index is 0.311. The second kappa shape index (κ2) is 8.80. The fraction of sp³-hybridized carbons (Fsp3) is 0.588. The average Bonchev–Trinajstić information content (AvgIpc) is 2.38. The van der Waals surface area contributed by atoms with Crippen LogP contribution < -0.4 is 5.32 Å². The van der Waals surface area contributed by atoms with Gasteiger partial charge in [-0.2, -0.15) is 0 Å². The summed E-state index contributed by atoms with van der Waals surface area (Å²) in [5, 5.41) is 12.9. The fourth-order valence-corrected chi connectivity index (χ4v) is 2.55. The second-order valence-electron chi connectivity index (χ2n) is 6.30. The Labute approximate surface area is 128 Å². The average molecular weight is 292 g/mol. The predicted molar refractivity (Wildman–Crippen MR) is 86.6 cm³/mol. The number of nitrogens with zero attached hydrogens (tertiary/aromatic N) is 1. The Kier molecular flexibility index (Phi) is 7.40. The zero-order valence-electron chi connectivity index (χ0n) is 13.5. The summed E-state index contributed by atoms with van der Waals surface area (Å²) in [6, 6.07) is 9.75. The summed E-state index contributed by atoms with van der Waals surface area (Å²) >= 11 is 0. The fourth-order valence-electron chi connectivity index (χ4n) is 2.55. The van der Waals surface area contributed by atoms with Gasteiger partial charge in [-0.3, -0.25) is 4.79 Å². The van der Waals surface area contributed by atoms with E-state index in [1.165, 1.54) is 0 Å². The van der Waals surface area contributed by atoms with E-state index < -0.39 is 11.9 Å². The number of aliphatic carboxylic acids is 1. The molecule has 0 aliphatic carbocycles. The van der Waals surface area contributed by atoms with Crippen molar-refractivity contribution in [3.05, 3.63) is 35.9 Å². The van der Waals surface area contributed by atoms with Crippen molar-refractivity contribution in [2.45, 2.75) is 32.2 Å². The first-order chi connectivity index (χ1) is 9.90. The first-order valence-corrected chi connectivity index (χ1v) is 7.56. The van der Waals surface area contributed by atoms with Crippen molar-refractivity contribution in [1.29, 1.82) is 0 Å². The lowest BCUT2D eigenvalue weighted by Crippen LogP contribution is -2.42. The summed E-state index contributed by atoms with van der Waals surface area (Å²) in [6.45, 7) is 5.76. The summed E-state index contributed by atoms with van der Waals surface area (Å²) in [7, 11) is 4.09. The van der Waals surface area contributed by atoms with E-state index in [4.69, 9.17) is 0 Å². The molecule has 1 aromatic rings. The molecule has 118 valence electrons. The molecule has 0 fully saturated rings. The van der Waals surface area contributed by atoms with Crippen LogP contribution in [0.15, 0.2) is 30.3 Å². The summed E-state index contributed by atoms with van der Waals surface area (Å²) in [4.78, 5) is 13.6. The Hall–Kier alpha value is -1.39. The second-order valence-corrected chi connectivity index (χ2v) is 6.30. The molecule has 1 aromatic carbocycles. The van der Waals surface area contributed by atoms with Gasteiger partial charge in [-0.15, -0.1) is 0 Å². The maximum absolute atomic E-state index is 11.5. The Bertz CT molecular complexity index is 408. The molecule has 0 amide bonds. The van der Waals surface area contributed by atoms with E-state index >= 15 is 0 Å². The van der Waals surface area contributed by atoms with E-state index in [1.807, 2.05) is 44.4 Å². The molecule has 2 unspecified atom stereocenters. The van der Waals surface area contributed by atoms with Crippen LogP contribution in [0, 0.1) is 5.92 Å². The van der Waals surface area contributed by atoms with E-state index in [0.717, 1.165) is 18.5 Å². The molecule has 21 heavy (non-hydrogen) atoms. The molecule has 0 aliphatic rings. The Morgan fingerprint density at radius 2 is 1.86 bits per heavy atom. The van der Waals surface area contributed by atoms with E-state index in [9.17, 15) is 9.90 Å². The van der Waals surface area contributed by atoms with Crippen LogP contribution in [0.1, 0.15) is 31.7 Å². The lowest BCUT2D eigenvalue weighted by atomic mass is 9.97. The summed E-state index contributed by atoms with van der Waals surface area (Å²) < 4.78 is 0. The van der Waals surface area contributed by atoms with Gasteiger partial charge in [0.25, 0.3) is 0 Å². The van der Waals surface area contributed by atoms with Crippen molar-refractivity contribution in [3.8, 4) is 0 Å². The van der Waals surface area contributed by atoms with Gasteiger partial charge in [0.05, 0.1) is 5.92 Å². The van der Waals surface area contributed by atoms with Gasteiger partial charge in [0.2, 0.25) is 0 Å². The van der Waals surface area contributed by atoms with Gasteiger partial charge < -0.3 is 15.3 Å². The van der Waals surface area contributed by atoms with Gasteiger partial charge in [0.1, 0.15) is 0 Å². The van der Waals surface area contributed by atoms with Crippen molar-refractivity contribution in [2.75, 3.05) is 27.2 Å². The molecule has 4 nitrogen and oxygen atoms in total. The monoisotopic (exact) mass is 292 g/mol. The third-order valence-corrected chi connectivity index (χ3v) is 3.45. The summed E-state index contributed by atoms with van der Waals surface area (Å²) in [6.07, 6.45) is 1.04. The number of likely N-dealkylation sites (N-methyl/N-ethyl adjacent to an activating group) is 1. The molecule has 0 spiro atoms. The van der Waals surface area contributed by atoms with Crippen molar-refractivity contribution in [1.82, 2.24) is 10.2 Å². The lowest BCUT2D eigenvalue weighted by Gasteiger charge is -2.25. The molecule has 4 heteroatoms. The first-order valence-electron chi connectivity index (χ1n) is 7.56. The molecule has 0 heterocycles. The Morgan fingerprint density at radius 3 is 2.33 bits per heavy atom. The van der Waals surface area contributed by atoms with Gasteiger partial charge in [-0.1, -0.05) is 44.2 Å². The van der Waals surface area contributed by atoms with Gasteiger partial charge >= 0.3 is 5.97 Å². The van der Waals surface area contributed by atoms with E-state index in [1.54, 1.807) is 0 Å². The van der Waals surface area contributed by atoms with Crippen molar-refractivity contribution in [3.63, 3.8) is 0 Å². The molecular formula is C17H28N2O2. The smallest absolute Gasteiger partial charge is 0.312 e. The Morgan fingerprint density at radius 1 is 1.24 bits per heavy atom. The van der Waals surface area contributed by atoms with Gasteiger partial charge in [-0.25, -0.2) is 0 Å². The molecule has 0 saturated carbocycles. The number of hydrogen-bond acceptors (Lipinski definition) is 3. The van der Waals surface area contributed by atoms with E-state index in [-0.39, 0.29) is 0 Å². The van der Waals surface area contributed by atoms with Crippen LogP contribution in [0.3, 0.4) is 0 Å². The number of carbonyl (C=O) groups is 1. The minimum Gasteiger partial charge on any atom is -0.481 e. The molecule has 0 radical (unpaired) electrons. The summed E-state index contributed by atoms with van der Waals surface area (Å²) in [5.74, 6) is -0.688. The topological polar surface area (TPSA) is 52.6 Å². The van der Waals surface area contributed by atoms with Crippen LogP contribution in [-0.4, -0.2) is 49.2 Å². The highest BCUT2D eigenvalue weighted by atomic mass is 16.4. The van der Waals surface area contributed by atoms with E-state index in [0.29, 0.717) is 18.5 Å². The van der Waals surface area contributed by atoms with Crippen LogP contribution in [0.5, 0.6) is 0 Å². The molecule has 1 rings (SSSR count). The number of carboxylic acid groups (broad SMARTS) is 1. The van der Waals surface area contributed by atoms with Crippen molar-refractivity contribution in [2.24, 2.45) is 5.92 Å². The highest BCUT2D eigenvalue weighted by Crippen LogP contribution is 2.16. The van der Waals surface area contributed by atoms with Crippen LogP contribution in [0.4, 0.5) is 0 Å². The zero-order chi connectivity index (χ0) is 15.8. The molecule has 0 aromatic heterocycles. The van der Waals surface area contributed by atoms with Crippen molar-refractivity contribution >= 4 is 5.97 Å². The molecule has 2 atom stereocenters. The van der Waals surface area contributed by atoms with Crippen LogP contribution in [0.25, 0.3) is 0 Å². The Balaban J connectivity index is 2.68. The van der Waals surface area contributed by atoms with Crippen molar-refractivity contribution < 1.29 is 9.90 Å². The van der Waals surface area contributed by atoms with E-state index in [2.05, 4.69) is 24.1 Å². The predicted octanol–water partition coefficient (Wildman–Crippen LogP) is 2.42. The third kappa shape index (κ3) is 6.74. The summed E-state index contributed by atoms with van der Waals surface area (Å²) in [5.41, 5.74) is 0.852. The molecule has 0 saturated heterocycles. The third-order valence-electron chi connectivity index (χ3n) is 3.45. The maximum Gasteiger partial charge on any atom is 0.312 e. The van der Waals surface area contributed by atoms with Crippen LogP contribution in [0.2, 0.25) is 0 Å². The number of nitrogens with one attached hydrogen (secondary N) is 1. The quantitative estimate of drug-likeness (QED) is 0.734. The molecule has 0 aliphatic heterocycles. The highest BCUT2D eigenvalue weighted by Gasteiger charge is 2.21. The number of rotatable bonds is 9. The van der Waals surface area contributed by atoms with Gasteiger partial charge in [-0.05, 0) is 32.0 Å².